The second-order valence-corrected chi connectivity index (χ2v) is 7.65. The second kappa shape index (κ2) is 8.30. The average molecular weight is 345 g/mol. The van der Waals surface area contributed by atoms with Gasteiger partial charge in [0.25, 0.3) is 5.91 Å². The van der Waals surface area contributed by atoms with Crippen LogP contribution in [-0.4, -0.2) is 48.7 Å². The summed E-state index contributed by atoms with van der Waals surface area (Å²) in [5, 5.41) is 3.16. The fourth-order valence-electron chi connectivity index (χ4n) is 4.19. The number of benzene rings is 1. The molecule has 1 aliphatic heterocycles. The van der Waals surface area contributed by atoms with Crippen molar-refractivity contribution in [3.8, 4) is 0 Å². The van der Waals surface area contributed by atoms with Gasteiger partial charge in [-0.2, -0.15) is 0 Å². The first-order chi connectivity index (χ1) is 12.0. The molecule has 138 valence electrons. The van der Waals surface area contributed by atoms with Gasteiger partial charge < -0.3 is 15.8 Å². The summed E-state index contributed by atoms with van der Waals surface area (Å²) < 4.78 is 5.78. The van der Waals surface area contributed by atoms with Crippen LogP contribution >= 0.6 is 0 Å². The van der Waals surface area contributed by atoms with Crippen LogP contribution in [-0.2, 0) is 11.3 Å². The molecule has 1 aromatic carbocycles. The van der Waals surface area contributed by atoms with Crippen LogP contribution in [0.4, 0.5) is 0 Å². The van der Waals surface area contributed by atoms with E-state index in [1.807, 2.05) is 12.1 Å². The number of ether oxygens (including phenoxy) is 1. The largest absolute Gasteiger partial charge is 0.373 e. The molecule has 4 atom stereocenters. The summed E-state index contributed by atoms with van der Waals surface area (Å²) in [5.41, 5.74) is 7.77. The Balaban J connectivity index is 1.55. The zero-order chi connectivity index (χ0) is 17.8. The Kier molecular flexibility index (Phi) is 6.10. The molecule has 1 heterocycles. The quantitative estimate of drug-likeness (QED) is 0.858. The highest BCUT2D eigenvalue weighted by molar-refractivity contribution is 5.94. The highest BCUT2D eigenvalue weighted by Gasteiger charge is 2.27. The van der Waals surface area contributed by atoms with Crippen molar-refractivity contribution >= 4 is 5.91 Å². The molecule has 2 aliphatic rings. The molecular formula is C20H31N3O2. The van der Waals surface area contributed by atoms with Gasteiger partial charge >= 0.3 is 0 Å². The van der Waals surface area contributed by atoms with E-state index in [0.29, 0.717) is 12.5 Å². The van der Waals surface area contributed by atoms with Crippen LogP contribution in [0, 0.1) is 5.92 Å². The lowest BCUT2D eigenvalue weighted by Crippen LogP contribution is -2.44. The Morgan fingerprint density at radius 3 is 2.52 bits per heavy atom. The summed E-state index contributed by atoms with van der Waals surface area (Å²) in [6, 6.07) is 8.23. The molecule has 0 bridgehead atoms. The maximum Gasteiger partial charge on any atom is 0.251 e. The van der Waals surface area contributed by atoms with Gasteiger partial charge in [-0.15, -0.1) is 0 Å². The van der Waals surface area contributed by atoms with Gasteiger partial charge in [0, 0.05) is 31.2 Å². The van der Waals surface area contributed by atoms with Crippen molar-refractivity contribution in [3.05, 3.63) is 35.4 Å². The molecule has 1 aromatic rings. The zero-order valence-corrected chi connectivity index (χ0v) is 15.4. The monoisotopic (exact) mass is 345 g/mol. The Hall–Kier alpha value is -1.43. The minimum absolute atomic E-state index is 0.0190. The summed E-state index contributed by atoms with van der Waals surface area (Å²) in [7, 11) is 0. The van der Waals surface area contributed by atoms with Crippen LogP contribution in [0.1, 0.15) is 49.0 Å². The van der Waals surface area contributed by atoms with Crippen molar-refractivity contribution < 1.29 is 9.53 Å². The fourth-order valence-corrected chi connectivity index (χ4v) is 4.19. The molecule has 5 nitrogen and oxygen atoms in total. The Morgan fingerprint density at radius 1 is 1.20 bits per heavy atom. The van der Waals surface area contributed by atoms with Gasteiger partial charge in [0.1, 0.15) is 0 Å². The Labute approximate surface area is 150 Å². The fraction of sp³-hybridized carbons (Fsp3) is 0.650. The van der Waals surface area contributed by atoms with Crippen molar-refractivity contribution in [2.75, 3.05) is 19.6 Å². The van der Waals surface area contributed by atoms with Gasteiger partial charge in [0.2, 0.25) is 0 Å². The molecule has 2 fully saturated rings. The normalized spacial score (nSPS) is 30.4. The highest BCUT2D eigenvalue weighted by atomic mass is 16.5. The second-order valence-electron chi connectivity index (χ2n) is 7.65. The van der Waals surface area contributed by atoms with Crippen LogP contribution in [0.15, 0.2) is 24.3 Å². The highest BCUT2D eigenvalue weighted by Crippen LogP contribution is 2.25. The van der Waals surface area contributed by atoms with Crippen LogP contribution in [0.5, 0.6) is 0 Å². The van der Waals surface area contributed by atoms with Gasteiger partial charge in [-0.05, 0) is 56.8 Å². The molecule has 0 radical (unpaired) electrons. The third kappa shape index (κ3) is 4.81. The lowest BCUT2D eigenvalue weighted by Gasteiger charge is -2.35. The van der Waals surface area contributed by atoms with E-state index in [1.165, 1.54) is 5.56 Å². The molecule has 1 aliphatic carbocycles. The number of hydrogen-bond donors (Lipinski definition) is 2. The van der Waals surface area contributed by atoms with Gasteiger partial charge in [-0.1, -0.05) is 18.6 Å². The molecule has 3 N–H and O–H groups in total. The van der Waals surface area contributed by atoms with E-state index < -0.39 is 0 Å². The summed E-state index contributed by atoms with van der Waals surface area (Å²) in [4.78, 5) is 14.9. The molecule has 0 unspecified atom stereocenters. The van der Waals surface area contributed by atoms with Crippen LogP contribution < -0.4 is 11.1 Å². The topological polar surface area (TPSA) is 67.6 Å². The summed E-state index contributed by atoms with van der Waals surface area (Å²) in [5.74, 6) is 0.444. The smallest absolute Gasteiger partial charge is 0.251 e. The van der Waals surface area contributed by atoms with Crippen LogP contribution in [0.3, 0.4) is 0 Å². The number of amides is 1. The van der Waals surface area contributed by atoms with Gasteiger partial charge in [0.15, 0.2) is 0 Å². The number of nitrogens with two attached hydrogens (primary N) is 1. The van der Waals surface area contributed by atoms with E-state index in [-0.39, 0.29) is 24.2 Å². The molecular weight excluding hydrogens is 314 g/mol. The Bertz CT molecular complexity index is 565. The summed E-state index contributed by atoms with van der Waals surface area (Å²) >= 11 is 0. The van der Waals surface area contributed by atoms with Crippen molar-refractivity contribution in [3.63, 3.8) is 0 Å². The van der Waals surface area contributed by atoms with Gasteiger partial charge in [-0.3, -0.25) is 9.69 Å². The van der Waals surface area contributed by atoms with Gasteiger partial charge in [0.05, 0.1) is 12.2 Å². The van der Waals surface area contributed by atoms with E-state index in [1.54, 1.807) is 0 Å². The standard InChI is InChI=1S/C20H31N3O2/c1-14-11-23(12-15(2)25-14)13-16-6-8-17(9-7-16)20(24)22-19-5-3-4-18(19)10-21/h6-9,14-15,18-19H,3-5,10-13,21H2,1-2H3,(H,22,24)/t14-,15+,18-,19-/m1/s1. The maximum atomic E-state index is 12.5. The molecule has 5 heteroatoms. The first-order valence-corrected chi connectivity index (χ1v) is 9.53. The third-order valence-corrected chi connectivity index (χ3v) is 5.40. The third-order valence-electron chi connectivity index (χ3n) is 5.40. The zero-order valence-electron chi connectivity index (χ0n) is 15.4. The maximum absolute atomic E-state index is 12.5. The summed E-state index contributed by atoms with van der Waals surface area (Å²) in [6.45, 7) is 7.70. The number of carbonyl (C=O) groups is 1. The van der Waals surface area contributed by atoms with Crippen molar-refractivity contribution in [1.82, 2.24) is 10.2 Å². The number of hydrogen-bond acceptors (Lipinski definition) is 4. The van der Waals surface area contributed by atoms with E-state index in [4.69, 9.17) is 10.5 Å². The Morgan fingerprint density at radius 2 is 1.88 bits per heavy atom. The van der Waals surface area contributed by atoms with Crippen molar-refractivity contribution in [2.24, 2.45) is 11.7 Å². The van der Waals surface area contributed by atoms with E-state index in [9.17, 15) is 4.79 Å². The van der Waals surface area contributed by atoms with E-state index >= 15 is 0 Å². The number of nitrogens with one attached hydrogen (secondary N) is 1. The summed E-state index contributed by atoms with van der Waals surface area (Å²) in [6.07, 6.45) is 3.87. The molecule has 1 saturated carbocycles. The van der Waals surface area contributed by atoms with E-state index in [0.717, 1.165) is 44.5 Å². The average Bonchev–Trinajstić information content (AvgIpc) is 3.01. The molecule has 25 heavy (non-hydrogen) atoms. The first kappa shape index (κ1) is 18.4. The molecule has 3 rings (SSSR count). The number of rotatable bonds is 5. The molecule has 1 amide bonds. The van der Waals surface area contributed by atoms with Crippen LogP contribution in [0.25, 0.3) is 0 Å². The van der Waals surface area contributed by atoms with Crippen molar-refractivity contribution in [2.45, 2.75) is 57.9 Å². The number of nitrogens with zero attached hydrogens (tertiary/aromatic N) is 1. The molecule has 1 saturated heterocycles. The van der Waals surface area contributed by atoms with Gasteiger partial charge in [-0.25, -0.2) is 0 Å². The minimum Gasteiger partial charge on any atom is -0.373 e. The minimum atomic E-state index is 0.0190. The first-order valence-electron chi connectivity index (χ1n) is 9.53. The lowest BCUT2D eigenvalue weighted by molar-refractivity contribution is -0.0704. The van der Waals surface area contributed by atoms with Crippen LogP contribution in [0.2, 0.25) is 0 Å². The van der Waals surface area contributed by atoms with E-state index in [2.05, 4.69) is 36.2 Å². The molecule has 0 aromatic heterocycles. The number of carbonyl (C=O) groups excluding carboxylic acids is 1. The molecule has 0 spiro atoms. The number of morpholine rings is 1. The lowest BCUT2D eigenvalue weighted by atomic mass is 10.0. The SMILES string of the molecule is C[C@@H]1CN(Cc2ccc(C(=O)N[C@@H]3CCC[C@@H]3CN)cc2)C[C@H](C)O1. The van der Waals surface area contributed by atoms with Crippen molar-refractivity contribution in [1.29, 1.82) is 0 Å². The predicted octanol–water partition coefficient (Wildman–Crippen LogP) is 2.15. The predicted molar refractivity (Wildman–Crippen MR) is 99.4 cm³/mol.